The topological polar surface area (TPSA) is 121 Å². The minimum atomic E-state index is -1.09. The predicted octanol–water partition coefficient (Wildman–Crippen LogP) is -0.458. The number of amides is 1. The lowest BCUT2D eigenvalue weighted by Gasteiger charge is -2.16. The number of aliphatic carboxylic acids is 1. The van der Waals surface area contributed by atoms with Gasteiger partial charge < -0.3 is 20.0 Å². The summed E-state index contributed by atoms with van der Waals surface area (Å²) in [4.78, 5) is 47.5. The zero-order chi connectivity index (χ0) is 16.0. The van der Waals surface area contributed by atoms with Gasteiger partial charge in [-0.15, -0.1) is 0 Å². The number of nitrogens with one attached hydrogen (secondary N) is 2. The van der Waals surface area contributed by atoms with Gasteiger partial charge in [0.25, 0.3) is 0 Å². The standard InChI is InChI=1S/C13H19N3O5/c1-8(2)7-9(13(20)21)15-10(17)3-5-16-6-4-14-11(18)12(16)19/h4,6,8-9H,3,5,7H2,1-2H3,(H,14,18)(H,15,17)(H,20,21)/t9-/m0/s1. The van der Waals surface area contributed by atoms with Crippen LogP contribution in [0.25, 0.3) is 0 Å². The number of carboxylic acid groups (broad SMARTS) is 1. The van der Waals surface area contributed by atoms with Crippen LogP contribution < -0.4 is 16.4 Å². The average Bonchev–Trinajstić information content (AvgIpc) is 2.39. The molecule has 1 atom stereocenters. The minimum Gasteiger partial charge on any atom is -0.480 e. The van der Waals surface area contributed by atoms with Crippen molar-refractivity contribution in [1.82, 2.24) is 14.9 Å². The molecule has 0 saturated heterocycles. The minimum absolute atomic E-state index is 0.0165. The van der Waals surface area contributed by atoms with Crippen LogP contribution in [-0.2, 0) is 16.1 Å². The number of aromatic nitrogens is 2. The molecule has 0 aliphatic carbocycles. The number of aromatic amines is 1. The van der Waals surface area contributed by atoms with Crippen LogP contribution in [0.4, 0.5) is 0 Å². The van der Waals surface area contributed by atoms with Crippen molar-refractivity contribution in [2.24, 2.45) is 5.92 Å². The zero-order valence-electron chi connectivity index (χ0n) is 12.0. The van der Waals surface area contributed by atoms with Crippen LogP contribution in [0.3, 0.4) is 0 Å². The number of rotatable bonds is 7. The van der Waals surface area contributed by atoms with Crippen LogP contribution in [0.1, 0.15) is 26.7 Å². The number of carboxylic acids is 1. The largest absolute Gasteiger partial charge is 0.480 e. The third-order valence-corrected chi connectivity index (χ3v) is 2.84. The Bertz CT molecular complexity index is 617. The van der Waals surface area contributed by atoms with Crippen LogP contribution >= 0.6 is 0 Å². The molecule has 8 nitrogen and oxygen atoms in total. The van der Waals surface area contributed by atoms with E-state index in [1.807, 2.05) is 13.8 Å². The maximum absolute atomic E-state index is 11.7. The smallest absolute Gasteiger partial charge is 0.326 e. The molecule has 1 heterocycles. The summed E-state index contributed by atoms with van der Waals surface area (Å²) in [6, 6.07) is -0.951. The van der Waals surface area contributed by atoms with E-state index in [-0.39, 0.29) is 18.9 Å². The summed E-state index contributed by atoms with van der Waals surface area (Å²) in [5.74, 6) is -1.44. The number of hydrogen-bond donors (Lipinski definition) is 3. The Morgan fingerprint density at radius 2 is 2.05 bits per heavy atom. The van der Waals surface area contributed by atoms with Crippen LogP contribution in [0.15, 0.2) is 22.0 Å². The fraction of sp³-hybridized carbons (Fsp3) is 0.538. The molecule has 21 heavy (non-hydrogen) atoms. The second-order valence-electron chi connectivity index (χ2n) is 5.13. The van der Waals surface area contributed by atoms with Crippen molar-refractivity contribution in [3.05, 3.63) is 33.1 Å². The van der Waals surface area contributed by atoms with Crippen LogP contribution in [0, 0.1) is 5.92 Å². The maximum atomic E-state index is 11.7. The molecule has 1 rings (SSSR count). The van der Waals surface area contributed by atoms with E-state index in [4.69, 9.17) is 5.11 Å². The first kappa shape index (κ1) is 16.7. The first-order valence-electron chi connectivity index (χ1n) is 6.61. The number of aryl methyl sites for hydroxylation is 1. The Kier molecular flexibility index (Phi) is 5.89. The fourth-order valence-corrected chi connectivity index (χ4v) is 1.82. The highest BCUT2D eigenvalue weighted by Crippen LogP contribution is 2.05. The van der Waals surface area contributed by atoms with Crippen LogP contribution in [-0.4, -0.2) is 32.6 Å². The lowest BCUT2D eigenvalue weighted by Crippen LogP contribution is -2.42. The fourth-order valence-electron chi connectivity index (χ4n) is 1.82. The Morgan fingerprint density at radius 1 is 1.38 bits per heavy atom. The van der Waals surface area contributed by atoms with Crippen molar-refractivity contribution in [1.29, 1.82) is 0 Å². The molecule has 0 aliphatic heterocycles. The lowest BCUT2D eigenvalue weighted by atomic mass is 10.0. The van der Waals surface area contributed by atoms with Gasteiger partial charge in [-0.25, -0.2) is 4.79 Å². The molecule has 8 heteroatoms. The molecule has 1 aromatic rings. The molecule has 116 valence electrons. The second-order valence-corrected chi connectivity index (χ2v) is 5.13. The maximum Gasteiger partial charge on any atom is 0.326 e. The van der Waals surface area contributed by atoms with Gasteiger partial charge in [0.1, 0.15) is 6.04 Å². The van der Waals surface area contributed by atoms with Crippen molar-refractivity contribution in [2.45, 2.75) is 39.3 Å². The monoisotopic (exact) mass is 297 g/mol. The molecule has 0 aromatic carbocycles. The van der Waals surface area contributed by atoms with E-state index in [0.717, 1.165) is 4.57 Å². The number of carbonyl (C=O) groups is 2. The van der Waals surface area contributed by atoms with Gasteiger partial charge in [-0.05, 0) is 12.3 Å². The van der Waals surface area contributed by atoms with E-state index in [9.17, 15) is 19.2 Å². The molecule has 1 amide bonds. The summed E-state index contributed by atoms with van der Waals surface area (Å²) in [5.41, 5.74) is -1.51. The quantitative estimate of drug-likeness (QED) is 0.588. The molecule has 0 saturated carbocycles. The van der Waals surface area contributed by atoms with E-state index in [1.165, 1.54) is 12.4 Å². The molecule has 0 unspecified atom stereocenters. The van der Waals surface area contributed by atoms with Gasteiger partial charge in [-0.1, -0.05) is 13.8 Å². The summed E-state index contributed by atoms with van der Waals surface area (Å²) < 4.78 is 1.11. The Hall–Kier alpha value is -2.38. The summed E-state index contributed by atoms with van der Waals surface area (Å²) >= 11 is 0. The van der Waals surface area contributed by atoms with Crippen molar-refractivity contribution >= 4 is 11.9 Å². The molecule has 0 aliphatic rings. The van der Waals surface area contributed by atoms with Crippen molar-refractivity contribution < 1.29 is 14.7 Å². The molecule has 0 fully saturated rings. The van der Waals surface area contributed by atoms with E-state index in [0.29, 0.717) is 6.42 Å². The van der Waals surface area contributed by atoms with Gasteiger partial charge in [-0.3, -0.25) is 14.4 Å². The second kappa shape index (κ2) is 7.41. The van der Waals surface area contributed by atoms with Gasteiger partial charge in [0.2, 0.25) is 5.91 Å². The summed E-state index contributed by atoms with van der Waals surface area (Å²) in [5, 5.41) is 11.4. The van der Waals surface area contributed by atoms with E-state index in [1.54, 1.807) is 0 Å². The van der Waals surface area contributed by atoms with Gasteiger partial charge in [0, 0.05) is 25.4 Å². The summed E-state index contributed by atoms with van der Waals surface area (Å²) in [6.45, 7) is 3.73. The molecular weight excluding hydrogens is 278 g/mol. The molecule has 0 spiro atoms. The van der Waals surface area contributed by atoms with Gasteiger partial charge in [0.15, 0.2) is 0 Å². The zero-order valence-corrected chi connectivity index (χ0v) is 12.0. The number of carbonyl (C=O) groups excluding carboxylic acids is 1. The average molecular weight is 297 g/mol. The summed E-state index contributed by atoms with van der Waals surface area (Å²) in [6.07, 6.45) is 2.91. The highest BCUT2D eigenvalue weighted by molar-refractivity contribution is 5.83. The first-order valence-corrected chi connectivity index (χ1v) is 6.61. The van der Waals surface area contributed by atoms with Gasteiger partial charge in [-0.2, -0.15) is 0 Å². The number of H-pyrrole nitrogens is 1. The van der Waals surface area contributed by atoms with Crippen molar-refractivity contribution in [3.63, 3.8) is 0 Å². The van der Waals surface area contributed by atoms with E-state index in [2.05, 4.69) is 10.3 Å². The Balaban J connectivity index is 2.61. The molecule has 0 bridgehead atoms. The number of nitrogens with zero attached hydrogens (tertiary/aromatic N) is 1. The third kappa shape index (κ3) is 5.25. The van der Waals surface area contributed by atoms with E-state index < -0.39 is 29.0 Å². The highest BCUT2D eigenvalue weighted by atomic mass is 16.4. The van der Waals surface area contributed by atoms with Crippen LogP contribution in [0.2, 0.25) is 0 Å². The Morgan fingerprint density at radius 3 is 2.62 bits per heavy atom. The van der Waals surface area contributed by atoms with Gasteiger partial charge in [0.05, 0.1) is 0 Å². The third-order valence-electron chi connectivity index (χ3n) is 2.84. The van der Waals surface area contributed by atoms with E-state index >= 15 is 0 Å². The Labute approximate surface area is 120 Å². The highest BCUT2D eigenvalue weighted by Gasteiger charge is 2.20. The first-order chi connectivity index (χ1) is 9.81. The lowest BCUT2D eigenvalue weighted by molar-refractivity contribution is -0.142. The molecule has 1 aromatic heterocycles. The summed E-state index contributed by atoms with van der Waals surface area (Å²) in [7, 11) is 0. The SMILES string of the molecule is CC(C)C[C@H](NC(=O)CCn1cc[nH]c(=O)c1=O)C(=O)O. The van der Waals surface area contributed by atoms with Crippen LogP contribution in [0.5, 0.6) is 0 Å². The normalized spacial score (nSPS) is 12.1. The van der Waals surface area contributed by atoms with Gasteiger partial charge >= 0.3 is 17.1 Å². The molecule has 0 radical (unpaired) electrons. The number of hydrogen-bond acceptors (Lipinski definition) is 4. The van der Waals surface area contributed by atoms with Crippen molar-refractivity contribution in [2.75, 3.05) is 0 Å². The molecular formula is C13H19N3O5. The molecule has 3 N–H and O–H groups in total. The van der Waals surface area contributed by atoms with Crippen molar-refractivity contribution in [3.8, 4) is 0 Å². The predicted molar refractivity (Wildman–Crippen MR) is 75.0 cm³/mol.